The van der Waals surface area contributed by atoms with Crippen LogP contribution in [0.1, 0.15) is 45.5 Å². The van der Waals surface area contributed by atoms with E-state index < -0.39 is 0 Å². The summed E-state index contributed by atoms with van der Waals surface area (Å²) < 4.78 is 0. The van der Waals surface area contributed by atoms with Gasteiger partial charge in [-0.15, -0.1) is 0 Å². The first-order valence-electron chi connectivity index (χ1n) is 6.51. The van der Waals surface area contributed by atoms with E-state index in [4.69, 9.17) is 5.73 Å². The molecule has 0 fully saturated rings. The molecule has 0 saturated heterocycles. The molecule has 2 unspecified atom stereocenters. The van der Waals surface area contributed by atoms with Gasteiger partial charge in [-0.05, 0) is 31.7 Å². The molecule has 0 bridgehead atoms. The molecule has 0 aliphatic carbocycles. The Morgan fingerprint density at radius 3 is 2.72 bits per heavy atom. The third-order valence-corrected chi connectivity index (χ3v) is 2.92. The van der Waals surface area contributed by atoms with Crippen molar-refractivity contribution in [2.75, 3.05) is 6.54 Å². The van der Waals surface area contributed by atoms with Crippen LogP contribution in [0.3, 0.4) is 0 Å². The summed E-state index contributed by atoms with van der Waals surface area (Å²) in [4.78, 5) is 19.0. The number of nitrogens with one attached hydrogen (secondary N) is 2. The van der Waals surface area contributed by atoms with Crippen molar-refractivity contribution in [3.8, 4) is 0 Å². The fraction of sp³-hybridized carbons (Fsp3) is 0.692. The first kappa shape index (κ1) is 14.7. The van der Waals surface area contributed by atoms with Gasteiger partial charge < -0.3 is 16.0 Å². The van der Waals surface area contributed by atoms with E-state index in [1.54, 1.807) is 12.4 Å². The Bertz CT molecular complexity index is 348. The van der Waals surface area contributed by atoms with Crippen LogP contribution in [0, 0.1) is 11.8 Å². The van der Waals surface area contributed by atoms with Gasteiger partial charge in [0, 0.05) is 18.8 Å². The monoisotopic (exact) mass is 252 g/mol. The Kier molecular flexibility index (Phi) is 5.85. The number of hydrogen-bond acceptors (Lipinski definition) is 3. The third kappa shape index (κ3) is 4.87. The number of carbonyl (C=O) groups is 1. The summed E-state index contributed by atoms with van der Waals surface area (Å²) in [6.07, 6.45) is 4.90. The SMILES string of the molecule is CC(C)CC(CN)CC(=O)NC(C)c1ncc[nH]1. The molecule has 0 aliphatic rings. The minimum Gasteiger partial charge on any atom is -0.347 e. The number of aromatic amines is 1. The molecule has 0 aliphatic heterocycles. The van der Waals surface area contributed by atoms with Crippen molar-refractivity contribution in [1.82, 2.24) is 15.3 Å². The zero-order valence-electron chi connectivity index (χ0n) is 11.4. The number of nitrogens with zero attached hydrogens (tertiary/aromatic N) is 1. The molecule has 0 radical (unpaired) electrons. The average molecular weight is 252 g/mol. The normalized spacial score (nSPS) is 14.5. The summed E-state index contributed by atoms with van der Waals surface area (Å²) in [6, 6.07) is -0.0926. The molecule has 1 rings (SSSR count). The second kappa shape index (κ2) is 7.16. The summed E-state index contributed by atoms with van der Waals surface area (Å²) in [5.41, 5.74) is 5.70. The van der Waals surface area contributed by atoms with E-state index in [2.05, 4.69) is 29.1 Å². The van der Waals surface area contributed by atoms with Crippen molar-refractivity contribution in [3.63, 3.8) is 0 Å². The Balaban J connectivity index is 2.40. The van der Waals surface area contributed by atoms with Gasteiger partial charge in [-0.1, -0.05) is 13.8 Å². The molecule has 2 atom stereocenters. The van der Waals surface area contributed by atoms with Crippen LogP contribution in [0.5, 0.6) is 0 Å². The van der Waals surface area contributed by atoms with Gasteiger partial charge in [-0.2, -0.15) is 0 Å². The minimum absolute atomic E-state index is 0.0370. The summed E-state index contributed by atoms with van der Waals surface area (Å²) in [5, 5.41) is 2.93. The average Bonchev–Trinajstić information content (AvgIpc) is 2.80. The van der Waals surface area contributed by atoms with Crippen LogP contribution in [0.4, 0.5) is 0 Å². The fourth-order valence-electron chi connectivity index (χ4n) is 2.07. The molecule has 1 aromatic heterocycles. The van der Waals surface area contributed by atoms with Gasteiger partial charge in [0.05, 0.1) is 6.04 Å². The molecule has 18 heavy (non-hydrogen) atoms. The summed E-state index contributed by atoms with van der Waals surface area (Å²) in [5.74, 6) is 1.63. The van der Waals surface area contributed by atoms with E-state index in [9.17, 15) is 4.79 Å². The Morgan fingerprint density at radius 2 is 2.22 bits per heavy atom. The summed E-state index contributed by atoms with van der Waals surface area (Å²) in [7, 11) is 0. The van der Waals surface area contributed by atoms with E-state index in [-0.39, 0.29) is 17.9 Å². The molecule has 0 spiro atoms. The van der Waals surface area contributed by atoms with Crippen molar-refractivity contribution in [2.45, 2.75) is 39.7 Å². The van der Waals surface area contributed by atoms with Crippen molar-refractivity contribution in [3.05, 3.63) is 18.2 Å². The van der Waals surface area contributed by atoms with E-state index in [0.29, 0.717) is 18.9 Å². The van der Waals surface area contributed by atoms with E-state index in [1.807, 2.05) is 6.92 Å². The molecule has 1 heterocycles. The predicted octanol–water partition coefficient (Wildman–Crippen LogP) is 1.60. The van der Waals surface area contributed by atoms with Crippen molar-refractivity contribution < 1.29 is 4.79 Å². The molecule has 4 N–H and O–H groups in total. The molecular formula is C13H24N4O. The number of amides is 1. The highest BCUT2D eigenvalue weighted by atomic mass is 16.1. The van der Waals surface area contributed by atoms with Gasteiger partial charge >= 0.3 is 0 Å². The van der Waals surface area contributed by atoms with Crippen molar-refractivity contribution in [1.29, 1.82) is 0 Å². The number of nitrogens with two attached hydrogens (primary N) is 1. The number of rotatable bonds is 7. The highest BCUT2D eigenvalue weighted by Gasteiger charge is 2.16. The first-order chi connectivity index (χ1) is 8.52. The molecule has 5 heteroatoms. The summed E-state index contributed by atoms with van der Waals surface area (Å²) in [6.45, 7) is 6.76. The molecule has 102 valence electrons. The zero-order valence-corrected chi connectivity index (χ0v) is 11.4. The van der Waals surface area contributed by atoms with Crippen molar-refractivity contribution in [2.24, 2.45) is 17.6 Å². The highest BCUT2D eigenvalue weighted by molar-refractivity contribution is 5.76. The molecule has 1 amide bonds. The smallest absolute Gasteiger partial charge is 0.220 e. The van der Waals surface area contributed by atoms with E-state index in [1.165, 1.54) is 0 Å². The Morgan fingerprint density at radius 1 is 1.50 bits per heavy atom. The van der Waals surface area contributed by atoms with Crippen LogP contribution in [-0.4, -0.2) is 22.4 Å². The molecule has 0 saturated carbocycles. The maximum absolute atomic E-state index is 11.9. The second-order valence-corrected chi connectivity index (χ2v) is 5.20. The highest BCUT2D eigenvalue weighted by Crippen LogP contribution is 2.15. The Hall–Kier alpha value is -1.36. The molecular weight excluding hydrogens is 228 g/mol. The molecule has 1 aromatic rings. The lowest BCUT2D eigenvalue weighted by Gasteiger charge is -2.18. The maximum Gasteiger partial charge on any atom is 0.220 e. The molecule has 0 aromatic carbocycles. The number of hydrogen-bond donors (Lipinski definition) is 3. The number of imidazole rings is 1. The van der Waals surface area contributed by atoms with Gasteiger partial charge in [-0.25, -0.2) is 4.98 Å². The van der Waals surface area contributed by atoms with Gasteiger partial charge in [-0.3, -0.25) is 4.79 Å². The number of aromatic nitrogens is 2. The molecule has 5 nitrogen and oxygen atoms in total. The number of carbonyl (C=O) groups excluding carboxylic acids is 1. The zero-order chi connectivity index (χ0) is 13.5. The van der Waals surface area contributed by atoms with E-state index in [0.717, 1.165) is 12.2 Å². The van der Waals surface area contributed by atoms with Crippen LogP contribution in [0.25, 0.3) is 0 Å². The Labute approximate surface area is 109 Å². The quantitative estimate of drug-likeness (QED) is 0.689. The lowest BCUT2D eigenvalue weighted by atomic mass is 9.94. The third-order valence-electron chi connectivity index (χ3n) is 2.92. The van der Waals surface area contributed by atoms with Gasteiger partial charge in [0.1, 0.15) is 5.82 Å². The van der Waals surface area contributed by atoms with Gasteiger partial charge in [0.2, 0.25) is 5.91 Å². The van der Waals surface area contributed by atoms with Crippen LogP contribution >= 0.6 is 0 Å². The van der Waals surface area contributed by atoms with Crippen LogP contribution in [0.2, 0.25) is 0 Å². The van der Waals surface area contributed by atoms with Gasteiger partial charge in [0.15, 0.2) is 0 Å². The van der Waals surface area contributed by atoms with Crippen LogP contribution in [-0.2, 0) is 4.79 Å². The lowest BCUT2D eigenvalue weighted by Crippen LogP contribution is -2.31. The van der Waals surface area contributed by atoms with Crippen molar-refractivity contribution >= 4 is 5.91 Å². The maximum atomic E-state index is 11.9. The van der Waals surface area contributed by atoms with Crippen LogP contribution < -0.4 is 11.1 Å². The standard InChI is InChI=1S/C13H24N4O/c1-9(2)6-11(8-14)7-12(18)17-10(3)13-15-4-5-16-13/h4-5,9-11H,6-8,14H2,1-3H3,(H,15,16)(H,17,18). The van der Waals surface area contributed by atoms with Gasteiger partial charge in [0.25, 0.3) is 0 Å². The van der Waals surface area contributed by atoms with Crippen LogP contribution in [0.15, 0.2) is 12.4 Å². The fourth-order valence-corrected chi connectivity index (χ4v) is 2.07. The minimum atomic E-state index is -0.0926. The second-order valence-electron chi connectivity index (χ2n) is 5.20. The summed E-state index contributed by atoms with van der Waals surface area (Å²) >= 11 is 0. The first-order valence-corrected chi connectivity index (χ1v) is 6.51. The number of H-pyrrole nitrogens is 1. The topological polar surface area (TPSA) is 83.8 Å². The van der Waals surface area contributed by atoms with E-state index >= 15 is 0 Å². The largest absolute Gasteiger partial charge is 0.347 e. The lowest BCUT2D eigenvalue weighted by molar-refractivity contribution is -0.122. The predicted molar refractivity (Wildman–Crippen MR) is 71.8 cm³/mol.